The molecule has 0 unspecified atom stereocenters. The maximum Gasteiger partial charge on any atom is 0.220 e. The van der Waals surface area contributed by atoms with E-state index in [4.69, 9.17) is 5.73 Å². The molecule has 0 aromatic heterocycles. The number of para-hydroxylation sites is 1. The normalized spacial score (nSPS) is 20.8. The summed E-state index contributed by atoms with van der Waals surface area (Å²) in [6.45, 7) is 3.14. The molecule has 2 aliphatic rings. The van der Waals surface area contributed by atoms with Crippen molar-refractivity contribution < 1.29 is 4.79 Å². The van der Waals surface area contributed by atoms with Crippen molar-refractivity contribution in [2.45, 2.75) is 44.1 Å². The van der Waals surface area contributed by atoms with Crippen LogP contribution in [0.5, 0.6) is 0 Å². The van der Waals surface area contributed by atoms with E-state index in [9.17, 15) is 4.79 Å². The number of nitrogens with zero attached hydrogens (tertiary/aromatic N) is 1. The third-order valence-corrected chi connectivity index (χ3v) is 6.45. The lowest BCUT2D eigenvalue weighted by Gasteiger charge is -2.43. The molecule has 1 amide bonds. The van der Waals surface area contributed by atoms with Crippen LogP contribution in [0.2, 0.25) is 0 Å². The van der Waals surface area contributed by atoms with Crippen LogP contribution in [0.3, 0.4) is 0 Å². The summed E-state index contributed by atoms with van der Waals surface area (Å²) in [7, 11) is 0. The van der Waals surface area contributed by atoms with Gasteiger partial charge in [-0.1, -0.05) is 31.0 Å². The molecule has 1 saturated heterocycles. The minimum Gasteiger partial charge on any atom is -0.399 e. The first kappa shape index (κ1) is 17.6. The molecule has 0 spiro atoms. The van der Waals surface area contributed by atoms with E-state index in [-0.39, 0.29) is 11.4 Å². The average Bonchev–Trinajstić information content (AvgIpc) is 3.10. The highest BCUT2D eigenvalue weighted by Crippen LogP contribution is 2.36. The Morgan fingerprint density at radius 1 is 1.21 bits per heavy atom. The Morgan fingerprint density at radius 2 is 1.92 bits per heavy atom. The van der Waals surface area contributed by atoms with Gasteiger partial charge in [0, 0.05) is 48.8 Å². The molecule has 2 fully saturated rings. The van der Waals surface area contributed by atoms with Gasteiger partial charge in [0.25, 0.3) is 0 Å². The highest BCUT2D eigenvalue weighted by atomic mass is 32.2. The number of nitrogen functional groups attached to an aromatic ring is 1. The number of benzene rings is 1. The number of carbonyl (C=O) groups excluding carboxylic acids is 1. The van der Waals surface area contributed by atoms with E-state index in [0.717, 1.165) is 17.8 Å². The fourth-order valence-electron chi connectivity index (χ4n) is 4.04. The topological polar surface area (TPSA) is 58.4 Å². The van der Waals surface area contributed by atoms with Crippen LogP contribution < -0.4 is 11.1 Å². The van der Waals surface area contributed by atoms with Gasteiger partial charge in [0.05, 0.1) is 0 Å². The fourth-order valence-corrected chi connectivity index (χ4v) is 4.94. The molecular weight excluding hydrogens is 318 g/mol. The Bertz CT molecular complexity index is 551. The molecule has 1 saturated carbocycles. The number of amides is 1. The number of hydrogen-bond acceptors (Lipinski definition) is 4. The van der Waals surface area contributed by atoms with E-state index in [0.29, 0.717) is 12.8 Å². The Morgan fingerprint density at radius 3 is 2.62 bits per heavy atom. The van der Waals surface area contributed by atoms with Crippen LogP contribution in [0.1, 0.15) is 37.7 Å². The van der Waals surface area contributed by atoms with Gasteiger partial charge in [-0.15, -0.1) is 0 Å². The molecule has 3 rings (SSSR count). The van der Waals surface area contributed by atoms with Crippen molar-refractivity contribution in [3.8, 4) is 0 Å². The predicted molar refractivity (Wildman–Crippen MR) is 102 cm³/mol. The minimum atomic E-state index is 0.149. The Hall–Kier alpha value is -1.20. The van der Waals surface area contributed by atoms with Crippen molar-refractivity contribution in [1.29, 1.82) is 0 Å². The van der Waals surface area contributed by atoms with Gasteiger partial charge in [0.2, 0.25) is 5.91 Å². The highest BCUT2D eigenvalue weighted by molar-refractivity contribution is 7.99. The van der Waals surface area contributed by atoms with Gasteiger partial charge in [-0.25, -0.2) is 0 Å². The number of rotatable bonds is 6. The van der Waals surface area contributed by atoms with Gasteiger partial charge < -0.3 is 11.1 Å². The standard InChI is InChI=1S/C19H29N3OS/c20-17-6-2-1-5-16(17)7-8-18(23)21-15-19(9-3-4-10-19)22-11-13-24-14-12-22/h1-2,5-6H,3-4,7-15,20H2,(H,21,23). The minimum absolute atomic E-state index is 0.149. The number of aryl methyl sites for hydroxylation is 1. The van der Waals surface area contributed by atoms with Crippen LogP contribution in [-0.2, 0) is 11.2 Å². The van der Waals surface area contributed by atoms with E-state index in [1.54, 1.807) is 0 Å². The molecule has 1 aromatic carbocycles. The van der Waals surface area contributed by atoms with Gasteiger partial charge in [-0.3, -0.25) is 9.69 Å². The predicted octanol–water partition coefficient (Wildman–Crippen LogP) is 2.68. The number of thioether (sulfide) groups is 1. The van der Waals surface area contributed by atoms with Crippen LogP contribution in [0.15, 0.2) is 24.3 Å². The molecule has 1 aliphatic heterocycles. The number of anilines is 1. The molecule has 1 aromatic rings. The smallest absolute Gasteiger partial charge is 0.220 e. The number of hydrogen-bond donors (Lipinski definition) is 2. The molecule has 3 N–H and O–H groups in total. The summed E-state index contributed by atoms with van der Waals surface area (Å²) in [4.78, 5) is 15.0. The zero-order valence-corrected chi connectivity index (χ0v) is 15.2. The average molecular weight is 348 g/mol. The summed E-state index contributed by atoms with van der Waals surface area (Å²) in [6, 6.07) is 7.81. The number of nitrogens with two attached hydrogens (primary N) is 1. The SMILES string of the molecule is Nc1ccccc1CCC(=O)NCC1(N2CCSCC2)CCCC1. The third kappa shape index (κ3) is 4.25. The van der Waals surface area contributed by atoms with E-state index < -0.39 is 0 Å². The molecule has 5 heteroatoms. The first-order chi connectivity index (χ1) is 11.7. The van der Waals surface area contributed by atoms with Crippen LogP contribution in [-0.4, -0.2) is 47.5 Å². The molecule has 0 radical (unpaired) electrons. The summed E-state index contributed by atoms with van der Waals surface area (Å²) in [5.41, 5.74) is 8.02. The molecule has 1 heterocycles. The van der Waals surface area contributed by atoms with Gasteiger partial charge in [0.15, 0.2) is 0 Å². The molecule has 4 nitrogen and oxygen atoms in total. The molecule has 1 aliphatic carbocycles. The first-order valence-corrected chi connectivity index (χ1v) is 10.3. The largest absolute Gasteiger partial charge is 0.399 e. The molecule has 132 valence electrons. The van der Waals surface area contributed by atoms with Crippen molar-refractivity contribution in [1.82, 2.24) is 10.2 Å². The van der Waals surface area contributed by atoms with Gasteiger partial charge in [-0.05, 0) is 30.9 Å². The van der Waals surface area contributed by atoms with Crippen LogP contribution in [0.25, 0.3) is 0 Å². The molecule has 0 atom stereocenters. The zero-order valence-electron chi connectivity index (χ0n) is 14.4. The van der Waals surface area contributed by atoms with Gasteiger partial charge in [0.1, 0.15) is 0 Å². The Kier molecular flexibility index (Phi) is 6.06. The lowest BCUT2D eigenvalue weighted by molar-refractivity contribution is -0.121. The van der Waals surface area contributed by atoms with E-state index in [1.807, 2.05) is 36.0 Å². The van der Waals surface area contributed by atoms with E-state index >= 15 is 0 Å². The summed E-state index contributed by atoms with van der Waals surface area (Å²) in [5, 5.41) is 3.22. The molecule has 24 heavy (non-hydrogen) atoms. The number of nitrogens with one attached hydrogen (secondary N) is 1. The second-order valence-electron chi connectivity index (χ2n) is 7.01. The quantitative estimate of drug-likeness (QED) is 0.777. The molecular formula is C19H29N3OS. The van der Waals surface area contributed by atoms with Gasteiger partial charge in [-0.2, -0.15) is 11.8 Å². The van der Waals surface area contributed by atoms with Crippen molar-refractivity contribution in [3.63, 3.8) is 0 Å². The van der Waals surface area contributed by atoms with E-state index in [1.165, 1.54) is 50.3 Å². The summed E-state index contributed by atoms with van der Waals surface area (Å²) in [6.07, 6.45) is 6.26. The highest BCUT2D eigenvalue weighted by Gasteiger charge is 2.40. The first-order valence-electron chi connectivity index (χ1n) is 9.12. The lowest BCUT2D eigenvalue weighted by Crippen LogP contribution is -2.56. The van der Waals surface area contributed by atoms with Crippen LogP contribution >= 0.6 is 11.8 Å². The summed E-state index contributed by atoms with van der Waals surface area (Å²) in [5.74, 6) is 2.60. The summed E-state index contributed by atoms with van der Waals surface area (Å²) < 4.78 is 0. The van der Waals surface area contributed by atoms with Crippen molar-refractivity contribution in [2.75, 3.05) is 36.9 Å². The van der Waals surface area contributed by atoms with E-state index in [2.05, 4.69) is 10.2 Å². The Balaban J connectivity index is 1.51. The lowest BCUT2D eigenvalue weighted by atomic mass is 9.94. The second-order valence-corrected chi connectivity index (χ2v) is 8.23. The Labute approximate surface area is 149 Å². The summed E-state index contributed by atoms with van der Waals surface area (Å²) >= 11 is 2.05. The zero-order chi connectivity index (χ0) is 16.8. The van der Waals surface area contributed by atoms with Gasteiger partial charge >= 0.3 is 0 Å². The van der Waals surface area contributed by atoms with Crippen LogP contribution in [0.4, 0.5) is 5.69 Å². The monoisotopic (exact) mass is 347 g/mol. The third-order valence-electron chi connectivity index (χ3n) is 5.51. The maximum absolute atomic E-state index is 12.3. The maximum atomic E-state index is 12.3. The number of carbonyl (C=O) groups is 1. The second kappa shape index (κ2) is 8.26. The van der Waals surface area contributed by atoms with Crippen molar-refractivity contribution in [3.05, 3.63) is 29.8 Å². The van der Waals surface area contributed by atoms with Crippen molar-refractivity contribution in [2.24, 2.45) is 0 Å². The van der Waals surface area contributed by atoms with Crippen molar-refractivity contribution >= 4 is 23.4 Å². The fraction of sp³-hybridized carbons (Fsp3) is 0.632. The molecule has 0 bridgehead atoms. The van der Waals surface area contributed by atoms with Crippen LogP contribution in [0, 0.1) is 0 Å².